The molecule has 3 unspecified atom stereocenters. The summed E-state index contributed by atoms with van der Waals surface area (Å²) in [6.45, 7) is 9.71. The first kappa shape index (κ1) is 13.9. The molecule has 1 N–H and O–H groups in total. The Kier molecular flexibility index (Phi) is 5.22. The van der Waals surface area contributed by atoms with E-state index < -0.39 is 0 Å². The van der Waals surface area contributed by atoms with Crippen LogP contribution in [0.25, 0.3) is 0 Å². The van der Waals surface area contributed by atoms with Crippen LogP contribution in [0.3, 0.4) is 0 Å². The highest BCUT2D eigenvalue weighted by atomic mass is 16.5. The minimum Gasteiger partial charge on any atom is -0.381 e. The topological polar surface area (TPSA) is 24.5 Å². The first-order chi connectivity index (χ1) is 7.56. The van der Waals surface area contributed by atoms with Crippen molar-refractivity contribution in [2.45, 2.75) is 45.2 Å². The van der Waals surface area contributed by atoms with E-state index in [4.69, 9.17) is 4.74 Å². The van der Waals surface area contributed by atoms with Gasteiger partial charge in [0.2, 0.25) is 0 Å². The van der Waals surface area contributed by atoms with Gasteiger partial charge in [0.05, 0.1) is 6.61 Å². The van der Waals surface area contributed by atoms with Gasteiger partial charge in [-0.25, -0.2) is 0 Å². The van der Waals surface area contributed by atoms with Gasteiger partial charge in [0.25, 0.3) is 0 Å². The molecule has 0 bridgehead atoms. The second-order valence-electron chi connectivity index (χ2n) is 5.26. The van der Waals surface area contributed by atoms with Crippen LogP contribution in [0, 0.1) is 5.92 Å². The van der Waals surface area contributed by atoms with Crippen molar-refractivity contribution in [1.29, 1.82) is 0 Å². The van der Waals surface area contributed by atoms with Crippen molar-refractivity contribution in [3.8, 4) is 0 Å². The number of nitrogens with one attached hydrogen (secondary N) is 1. The monoisotopic (exact) mass is 228 g/mol. The zero-order chi connectivity index (χ0) is 12.2. The minimum absolute atomic E-state index is 0.217. The summed E-state index contributed by atoms with van der Waals surface area (Å²) in [7, 11) is 4.37. The third-order valence-corrected chi connectivity index (χ3v) is 4.27. The van der Waals surface area contributed by atoms with E-state index in [0.29, 0.717) is 12.0 Å². The normalized spacial score (nSPS) is 27.0. The van der Waals surface area contributed by atoms with Gasteiger partial charge < -0.3 is 15.0 Å². The van der Waals surface area contributed by atoms with Crippen molar-refractivity contribution in [2.75, 3.05) is 33.9 Å². The van der Waals surface area contributed by atoms with Crippen LogP contribution in [0.4, 0.5) is 0 Å². The molecule has 1 saturated heterocycles. The van der Waals surface area contributed by atoms with E-state index >= 15 is 0 Å². The van der Waals surface area contributed by atoms with E-state index in [1.54, 1.807) is 0 Å². The maximum Gasteiger partial charge on any atom is 0.0510 e. The Bertz CT molecular complexity index is 202. The van der Waals surface area contributed by atoms with Crippen LogP contribution in [0.5, 0.6) is 0 Å². The van der Waals surface area contributed by atoms with E-state index in [1.807, 2.05) is 0 Å². The Hall–Kier alpha value is -0.120. The first-order valence-electron chi connectivity index (χ1n) is 6.54. The van der Waals surface area contributed by atoms with Crippen molar-refractivity contribution in [2.24, 2.45) is 5.92 Å². The summed E-state index contributed by atoms with van der Waals surface area (Å²) < 4.78 is 5.55. The number of ether oxygens (including phenoxy) is 1. The highest BCUT2D eigenvalue weighted by Gasteiger charge is 2.40. The summed E-state index contributed by atoms with van der Waals surface area (Å²) in [5.74, 6) is 0.660. The Labute approximate surface area is 101 Å². The van der Waals surface area contributed by atoms with Gasteiger partial charge in [0.1, 0.15) is 0 Å². The second kappa shape index (κ2) is 5.99. The largest absolute Gasteiger partial charge is 0.381 e. The SMILES string of the molecule is CCNC(C1CCOC1)C(C)(CC)N(C)C. The van der Waals surface area contributed by atoms with Crippen molar-refractivity contribution >= 4 is 0 Å². The Balaban J connectivity index is 2.80. The van der Waals surface area contributed by atoms with Crippen LogP contribution in [-0.2, 0) is 4.74 Å². The second-order valence-corrected chi connectivity index (χ2v) is 5.26. The van der Waals surface area contributed by atoms with Crippen LogP contribution in [0.2, 0.25) is 0 Å². The van der Waals surface area contributed by atoms with E-state index in [0.717, 1.165) is 26.2 Å². The smallest absolute Gasteiger partial charge is 0.0510 e. The molecule has 1 heterocycles. The molecule has 3 heteroatoms. The van der Waals surface area contributed by atoms with Crippen molar-refractivity contribution in [3.05, 3.63) is 0 Å². The average Bonchev–Trinajstić information content (AvgIpc) is 2.77. The van der Waals surface area contributed by atoms with E-state index in [9.17, 15) is 0 Å². The number of likely N-dealkylation sites (N-methyl/N-ethyl adjacent to an activating group) is 2. The summed E-state index contributed by atoms with van der Waals surface area (Å²) in [5.41, 5.74) is 0.217. The van der Waals surface area contributed by atoms with E-state index in [2.05, 4.69) is 45.1 Å². The summed E-state index contributed by atoms with van der Waals surface area (Å²) in [6, 6.07) is 0.528. The van der Waals surface area contributed by atoms with Crippen molar-refractivity contribution < 1.29 is 4.74 Å². The number of rotatable bonds is 6. The molecular formula is C13H28N2O. The van der Waals surface area contributed by atoms with Gasteiger partial charge in [-0.05, 0) is 40.4 Å². The van der Waals surface area contributed by atoms with Gasteiger partial charge >= 0.3 is 0 Å². The quantitative estimate of drug-likeness (QED) is 0.749. The Morgan fingerprint density at radius 3 is 2.50 bits per heavy atom. The molecule has 0 aromatic rings. The fraction of sp³-hybridized carbons (Fsp3) is 1.00. The average molecular weight is 228 g/mol. The molecule has 96 valence electrons. The van der Waals surface area contributed by atoms with Gasteiger partial charge in [0, 0.05) is 24.1 Å². The molecule has 1 fully saturated rings. The molecule has 0 spiro atoms. The molecule has 3 atom stereocenters. The fourth-order valence-electron chi connectivity index (χ4n) is 2.74. The van der Waals surface area contributed by atoms with Crippen LogP contribution in [0.1, 0.15) is 33.6 Å². The van der Waals surface area contributed by atoms with Crippen LogP contribution >= 0.6 is 0 Å². The number of hydrogen-bond acceptors (Lipinski definition) is 3. The predicted octanol–water partition coefficient (Wildman–Crippen LogP) is 1.73. The molecule has 0 saturated carbocycles. The van der Waals surface area contributed by atoms with Gasteiger partial charge in [-0.1, -0.05) is 13.8 Å². The molecule has 0 aromatic heterocycles. The molecule has 0 aliphatic carbocycles. The minimum atomic E-state index is 0.217. The van der Waals surface area contributed by atoms with Gasteiger partial charge in [0.15, 0.2) is 0 Å². The van der Waals surface area contributed by atoms with E-state index in [1.165, 1.54) is 6.42 Å². The molecule has 0 aromatic carbocycles. The van der Waals surface area contributed by atoms with Gasteiger partial charge in [-0.2, -0.15) is 0 Å². The molecule has 1 aliphatic rings. The van der Waals surface area contributed by atoms with Gasteiger partial charge in [-0.3, -0.25) is 0 Å². The summed E-state index contributed by atoms with van der Waals surface area (Å²) in [4.78, 5) is 2.36. The zero-order valence-corrected chi connectivity index (χ0v) is 11.5. The summed E-state index contributed by atoms with van der Waals surface area (Å²) in [6.07, 6.45) is 2.36. The lowest BCUT2D eigenvalue weighted by Crippen LogP contribution is -2.60. The Morgan fingerprint density at radius 1 is 1.44 bits per heavy atom. The summed E-state index contributed by atoms with van der Waals surface area (Å²) in [5, 5.41) is 3.68. The van der Waals surface area contributed by atoms with Crippen LogP contribution < -0.4 is 5.32 Å². The maximum absolute atomic E-state index is 5.55. The lowest BCUT2D eigenvalue weighted by atomic mass is 9.79. The third-order valence-electron chi connectivity index (χ3n) is 4.27. The van der Waals surface area contributed by atoms with Gasteiger partial charge in [-0.15, -0.1) is 0 Å². The standard InChI is InChI=1S/C13H28N2O/c1-6-13(3,15(4)5)12(14-7-2)11-8-9-16-10-11/h11-12,14H,6-10H2,1-5H3. The van der Waals surface area contributed by atoms with E-state index in [-0.39, 0.29) is 5.54 Å². The molecular weight excluding hydrogens is 200 g/mol. The lowest BCUT2D eigenvalue weighted by Gasteiger charge is -2.45. The first-order valence-corrected chi connectivity index (χ1v) is 6.54. The molecule has 0 amide bonds. The molecule has 0 radical (unpaired) electrons. The van der Waals surface area contributed by atoms with Crippen molar-refractivity contribution in [3.63, 3.8) is 0 Å². The molecule has 1 rings (SSSR count). The van der Waals surface area contributed by atoms with Crippen LogP contribution in [0.15, 0.2) is 0 Å². The highest BCUT2D eigenvalue weighted by Crippen LogP contribution is 2.30. The summed E-state index contributed by atoms with van der Waals surface area (Å²) >= 11 is 0. The predicted molar refractivity (Wildman–Crippen MR) is 68.8 cm³/mol. The van der Waals surface area contributed by atoms with Crippen molar-refractivity contribution in [1.82, 2.24) is 10.2 Å². The maximum atomic E-state index is 5.55. The molecule has 16 heavy (non-hydrogen) atoms. The fourth-order valence-corrected chi connectivity index (χ4v) is 2.74. The Morgan fingerprint density at radius 2 is 2.12 bits per heavy atom. The molecule has 3 nitrogen and oxygen atoms in total. The molecule has 1 aliphatic heterocycles. The lowest BCUT2D eigenvalue weighted by molar-refractivity contribution is 0.0739. The third kappa shape index (κ3) is 2.76. The number of hydrogen-bond donors (Lipinski definition) is 1. The highest BCUT2D eigenvalue weighted by molar-refractivity contribution is 4.98. The zero-order valence-electron chi connectivity index (χ0n) is 11.5. The van der Waals surface area contributed by atoms with Crippen LogP contribution in [-0.4, -0.2) is 50.3 Å². The number of nitrogens with zero attached hydrogens (tertiary/aromatic N) is 1.